The molecule has 0 aliphatic heterocycles. The molecule has 3 heteroatoms. The average Bonchev–Trinajstić information content (AvgIpc) is 2.37. The van der Waals surface area contributed by atoms with Crippen LogP contribution < -0.4 is 5.56 Å². The molecule has 0 fully saturated rings. The smallest absolute Gasteiger partial charge is 0.251 e. The third-order valence-electron chi connectivity index (χ3n) is 2.81. The number of hydrogen-bond donors (Lipinski definition) is 1. The van der Waals surface area contributed by atoms with Crippen LogP contribution in [-0.2, 0) is 12.8 Å². The van der Waals surface area contributed by atoms with Crippen molar-refractivity contribution in [3.63, 3.8) is 0 Å². The van der Waals surface area contributed by atoms with Crippen LogP contribution in [0.3, 0.4) is 0 Å². The van der Waals surface area contributed by atoms with Gasteiger partial charge in [-0.15, -0.1) is 0 Å². The number of aryl methyl sites for hydroxylation is 2. The van der Waals surface area contributed by atoms with E-state index in [0.717, 1.165) is 24.1 Å². The monoisotopic (exact) mass is 228 g/mol. The maximum absolute atomic E-state index is 11.5. The van der Waals surface area contributed by atoms with Gasteiger partial charge in [0.2, 0.25) is 0 Å². The molecule has 1 heterocycles. The normalized spacial score (nSPS) is 10.5. The van der Waals surface area contributed by atoms with Crippen molar-refractivity contribution in [3.05, 3.63) is 51.9 Å². The topological polar surface area (TPSA) is 45.8 Å². The summed E-state index contributed by atoms with van der Waals surface area (Å²) in [5.74, 6) is 0.673. The minimum Gasteiger partial charge on any atom is -0.307 e. The van der Waals surface area contributed by atoms with Gasteiger partial charge in [0.15, 0.2) is 0 Å². The highest BCUT2D eigenvalue weighted by Crippen LogP contribution is 2.19. The first-order chi connectivity index (χ1) is 8.24. The van der Waals surface area contributed by atoms with Gasteiger partial charge in [-0.25, -0.2) is 4.98 Å². The Kier molecular flexibility index (Phi) is 3.38. The van der Waals surface area contributed by atoms with Gasteiger partial charge in [0, 0.05) is 17.3 Å². The van der Waals surface area contributed by atoms with Gasteiger partial charge in [-0.1, -0.05) is 38.1 Å². The number of nitrogens with zero attached hydrogens (tertiary/aromatic N) is 1. The number of aromatic amines is 1. The van der Waals surface area contributed by atoms with Crippen molar-refractivity contribution < 1.29 is 0 Å². The summed E-state index contributed by atoms with van der Waals surface area (Å²) in [6.45, 7) is 4.10. The molecule has 2 rings (SSSR count). The molecule has 88 valence electrons. The van der Waals surface area contributed by atoms with E-state index in [1.807, 2.05) is 25.1 Å². The maximum Gasteiger partial charge on any atom is 0.251 e. The number of benzene rings is 1. The van der Waals surface area contributed by atoms with Crippen LogP contribution in [0.2, 0.25) is 0 Å². The number of aromatic nitrogens is 2. The van der Waals surface area contributed by atoms with Gasteiger partial charge in [0.25, 0.3) is 5.56 Å². The summed E-state index contributed by atoms with van der Waals surface area (Å²) in [7, 11) is 0. The Morgan fingerprint density at radius 2 is 1.94 bits per heavy atom. The Morgan fingerprint density at radius 1 is 1.18 bits per heavy atom. The van der Waals surface area contributed by atoms with Crippen LogP contribution in [0.4, 0.5) is 0 Å². The Hall–Kier alpha value is -1.90. The molecule has 0 saturated carbocycles. The molecule has 1 aromatic heterocycles. The largest absolute Gasteiger partial charge is 0.307 e. The lowest BCUT2D eigenvalue weighted by atomic mass is 10.0. The van der Waals surface area contributed by atoms with Crippen molar-refractivity contribution in [1.82, 2.24) is 9.97 Å². The van der Waals surface area contributed by atoms with Gasteiger partial charge in [0.1, 0.15) is 5.82 Å². The van der Waals surface area contributed by atoms with Crippen molar-refractivity contribution in [2.75, 3.05) is 0 Å². The van der Waals surface area contributed by atoms with Gasteiger partial charge in [-0.05, 0) is 18.4 Å². The number of H-pyrrole nitrogens is 1. The molecular formula is C14H16N2O. The fourth-order valence-electron chi connectivity index (χ4n) is 1.88. The van der Waals surface area contributed by atoms with E-state index in [1.165, 1.54) is 5.56 Å². The first-order valence-corrected chi connectivity index (χ1v) is 5.93. The second-order valence-corrected chi connectivity index (χ2v) is 3.95. The third-order valence-corrected chi connectivity index (χ3v) is 2.81. The molecule has 0 atom stereocenters. The summed E-state index contributed by atoms with van der Waals surface area (Å²) in [5.41, 5.74) is 2.96. The van der Waals surface area contributed by atoms with Crippen LogP contribution in [0.5, 0.6) is 0 Å². The lowest BCUT2D eigenvalue weighted by Crippen LogP contribution is -2.10. The van der Waals surface area contributed by atoms with Crippen molar-refractivity contribution in [1.29, 1.82) is 0 Å². The van der Waals surface area contributed by atoms with Gasteiger partial charge < -0.3 is 4.98 Å². The Balaban J connectivity index is 2.59. The van der Waals surface area contributed by atoms with Crippen molar-refractivity contribution >= 4 is 0 Å². The van der Waals surface area contributed by atoms with Crippen molar-refractivity contribution in [2.45, 2.75) is 26.7 Å². The zero-order valence-electron chi connectivity index (χ0n) is 10.2. The third kappa shape index (κ3) is 2.44. The molecule has 0 bridgehead atoms. The molecule has 0 saturated heterocycles. The summed E-state index contributed by atoms with van der Waals surface area (Å²) < 4.78 is 0. The van der Waals surface area contributed by atoms with E-state index in [-0.39, 0.29) is 5.56 Å². The molecule has 0 spiro atoms. The first kappa shape index (κ1) is 11.6. The Bertz CT molecular complexity index is 572. The van der Waals surface area contributed by atoms with Gasteiger partial charge >= 0.3 is 0 Å². The zero-order valence-corrected chi connectivity index (χ0v) is 10.2. The highest BCUT2D eigenvalue weighted by molar-refractivity contribution is 5.60. The maximum atomic E-state index is 11.5. The lowest BCUT2D eigenvalue weighted by Gasteiger charge is -2.07. The summed E-state index contributed by atoms with van der Waals surface area (Å²) in [6, 6.07) is 9.58. The van der Waals surface area contributed by atoms with Crippen molar-refractivity contribution in [2.24, 2.45) is 0 Å². The summed E-state index contributed by atoms with van der Waals surface area (Å²) in [6.07, 6.45) is 1.70. The second-order valence-electron chi connectivity index (χ2n) is 3.95. The first-order valence-electron chi connectivity index (χ1n) is 5.93. The number of hydrogen-bond acceptors (Lipinski definition) is 2. The van der Waals surface area contributed by atoms with Gasteiger partial charge in [-0.2, -0.15) is 0 Å². The van der Waals surface area contributed by atoms with Crippen LogP contribution >= 0.6 is 0 Å². The highest BCUT2D eigenvalue weighted by atomic mass is 16.1. The number of rotatable bonds is 3. The Labute approximate surface area is 101 Å². The fourth-order valence-corrected chi connectivity index (χ4v) is 1.88. The van der Waals surface area contributed by atoms with Gasteiger partial charge in [-0.3, -0.25) is 4.79 Å². The van der Waals surface area contributed by atoms with E-state index in [0.29, 0.717) is 5.82 Å². The molecule has 3 nitrogen and oxygen atoms in total. The van der Waals surface area contributed by atoms with E-state index >= 15 is 0 Å². The van der Waals surface area contributed by atoms with E-state index in [2.05, 4.69) is 23.0 Å². The minimum absolute atomic E-state index is 0.0854. The van der Waals surface area contributed by atoms with Crippen LogP contribution in [0.15, 0.2) is 35.1 Å². The summed E-state index contributed by atoms with van der Waals surface area (Å²) in [4.78, 5) is 18.8. The lowest BCUT2D eigenvalue weighted by molar-refractivity contribution is 0.982. The van der Waals surface area contributed by atoms with E-state index in [4.69, 9.17) is 0 Å². The molecule has 0 aliphatic carbocycles. The summed E-state index contributed by atoms with van der Waals surface area (Å²) >= 11 is 0. The van der Waals surface area contributed by atoms with E-state index in [9.17, 15) is 4.79 Å². The molecule has 0 amide bonds. The van der Waals surface area contributed by atoms with Crippen LogP contribution in [0.25, 0.3) is 11.4 Å². The zero-order chi connectivity index (χ0) is 12.3. The molecule has 0 aliphatic rings. The van der Waals surface area contributed by atoms with Gasteiger partial charge in [0.05, 0.1) is 0 Å². The predicted octanol–water partition coefficient (Wildman–Crippen LogP) is 2.56. The van der Waals surface area contributed by atoms with Crippen molar-refractivity contribution in [3.8, 4) is 11.4 Å². The summed E-state index contributed by atoms with van der Waals surface area (Å²) in [5, 5.41) is 0. The molecule has 2 aromatic rings. The standard InChI is InChI=1S/C14H16N2O/c1-3-10-7-5-6-8-12(10)14-15-11(4-2)9-13(17)16-14/h5-9H,3-4H2,1-2H3,(H,15,16,17). The quantitative estimate of drug-likeness (QED) is 0.877. The molecule has 0 radical (unpaired) electrons. The average molecular weight is 228 g/mol. The number of nitrogens with one attached hydrogen (secondary N) is 1. The molecular weight excluding hydrogens is 212 g/mol. The van der Waals surface area contributed by atoms with Crippen LogP contribution in [-0.4, -0.2) is 9.97 Å². The molecule has 17 heavy (non-hydrogen) atoms. The Morgan fingerprint density at radius 3 is 2.65 bits per heavy atom. The molecule has 0 unspecified atom stereocenters. The van der Waals surface area contributed by atoms with Crippen LogP contribution in [0, 0.1) is 0 Å². The van der Waals surface area contributed by atoms with E-state index < -0.39 is 0 Å². The highest BCUT2D eigenvalue weighted by Gasteiger charge is 2.06. The minimum atomic E-state index is -0.0854. The SMILES string of the molecule is CCc1cc(=O)[nH]c(-c2ccccc2CC)n1. The fraction of sp³-hybridized carbons (Fsp3) is 0.286. The predicted molar refractivity (Wildman–Crippen MR) is 69.0 cm³/mol. The van der Waals surface area contributed by atoms with Crippen LogP contribution in [0.1, 0.15) is 25.1 Å². The second kappa shape index (κ2) is 4.95. The van der Waals surface area contributed by atoms with E-state index in [1.54, 1.807) is 6.07 Å². The molecule has 1 N–H and O–H groups in total. The molecule has 1 aromatic carbocycles.